The van der Waals surface area contributed by atoms with Crippen molar-refractivity contribution in [3.63, 3.8) is 0 Å². The van der Waals surface area contributed by atoms with Crippen LogP contribution in [0, 0.1) is 5.92 Å². The van der Waals surface area contributed by atoms with Gasteiger partial charge in [0.25, 0.3) is 0 Å². The average molecular weight is 278 g/mol. The van der Waals surface area contributed by atoms with Gasteiger partial charge >= 0.3 is 0 Å². The number of anilines is 2. The van der Waals surface area contributed by atoms with E-state index in [9.17, 15) is 4.79 Å². The van der Waals surface area contributed by atoms with Gasteiger partial charge < -0.3 is 15.4 Å². The van der Waals surface area contributed by atoms with Crippen molar-refractivity contribution in [3.8, 4) is 0 Å². The standard InChI is InChI=1S/C14H22N4O2/c1-14(2,3)16-12-5-4-11(17-18-12)15-13(19)10-6-8-20-9-7-10/h4-5,10H,6-9H2,1-3H3,(H,16,18)(H,15,17,19). The fourth-order valence-electron chi connectivity index (χ4n) is 2.04. The molecule has 1 aromatic heterocycles. The summed E-state index contributed by atoms with van der Waals surface area (Å²) in [6, 6.07) is 3.58. The van der Waals surface area contributed by atoms with E-state index in [4.69, 9.17) is 4.74 Å². The number of rotatable bonds is 3. The van der Waals surface area contributed by atoms with Crippen molar-refractivity contribution in [2.24, 2.45) is 5.92 Å². The first-order chi connectivity index (χ1) is 9.44. The van der Waals surface area contributed by atoms with Crippen LogP contribution >= 0.6 is 0 Å². The number of amides is 1. The molecule has 0 bridgehead atoms. The lowest BCUT2D eigenvalue weighted by Gasteiger charge is -2.21. The van der Waals surface area contributed by atoms with Crippen molar-refractivity contribution < 1.29 is 9.53 Å². The number of hydrogen-bond acceptors (Lipinski definition) is 5. The van der Waals surface area contributed by atoms with Gasteiger partial charge in [-0.05, 0) is 45.7 Å². The van der Waals surface area contributed by atoms with Crippen LogP contribution < -0.4 is 10.6 Å². The molecule has 1 saturated heterocycles. The third kappa shape index (κ3) is 4.45. The first-order valence-electron chi connectivity index (χ1n) is 6.94. The molecule has 1 fully saturated rings. The Balaban J connectivity index is 1.91. The van der Waals surface area contributed by atoms with Crippen LogP contribution in [-0.2, 0) is 9.53 Å². The maximum absolute atomic E-state index is 12.0. The quantitative estimate of drug-likeness (QED) is 0.885. The van der Waals surface area contributed by atoms with E-state index in [1.54, 1.807) is 6.07 Å². The molecule has 2 rings (SSSR count). The topological polar surface area (TPSA) is 76.1 Å². The molecule has 1 aliphatic rings. The van der Waals surface area contributed by atoms with E-state index in [-0.39, 0.29) is 17.4 Å². The SMILES string of the molecule is CC(C)(C)Nc1ccc(NC(=O)C2CCOCC2)nn1. The van der Waals surface area contributed by atoms with Gasteiger partial charge in [-0.2, -0.15) is 0 Å². The fraction of sp³-hybridized carbons (Fsp3) is 0.643. The summed E-state index contributed by atoms with van der Waals surface area (Å²) < 4.78 is 5.25. The summed E-state index contributed by atoms with van der Waals surface area (Å²) in [5.74, 6) is 1.19. The number of carbonyl (C=O) groups is 1. The fourth-order valence-corrected chi connectivity index (χ4v) is 2.04. The molecular formula is C14H22N4O2. The van der Waals surface area contributed by atoms with E-state index < -0.39 is 0 Å². The lowest BCUT2D eigenvalue weighted by atomic mass is 9.99. The Morgan fingerprint density at radius 1 is 1.20 bits per heavy atom. The van der Waals surface area contributed by atoms with Gasteiger partial charge in [0.2, 0.25) is 5.91 Å². The van der Waals surface area contributed by atoms with E-state index in [2.05, 4.69) is 41.6 Å². The number of nitrogens with zero attached hydrogens (tertiary/aromatic N) is 2. The zero-order chi connectivity index (χ0) is 14.6. The van der Waals surface area contributed by atoms with Crippen LogP contribution in [0.25, 0.3) is 0 Å². The molecule has 0 aliphatic carbocycles. The third-order valence-corrected chi connectivity index (χ3v) is 3.01. The van der Waals surface area contributed by atoms with Gasteiger partial charge in [-0.1, -0.05) is 0 Å². The second-order valence-electron chi connectivity index (χ2n) is 6.05. The lowest BCUT2D eigenvalue weighted by molar-refractivity contribution is -0.122. The number of hydrogen-bond donors (Lipinski definition) is 2. The summed E-state index contributed by atoms with van der Waals surface area (Å²) in [4.78, 5) is 12.0. The van der Waals surface area contributed by atoms with E-state index in [1.165, 1.54) is 0 Å². The third-order valence-electron chi connectivity index (χ3n) is 3.01. The van der Waals surface area contributed by atoms with Crippen molar-refractivity contribution in [2.75, 3.05) is 23.8 Å². The minimum absolute atomic E-state index is 0.000805. The van der Waals surface area contributed by atoms with E-state index in [0.29, 0.717) is 24.8 Å². The molecule has 0 unspecified atom stereocenters. The van der Waals surface area contributed by atoms with Gasteiger partial charge in [-0.25, -0.2) is 0 Å². The van der Waals surface area contributed by atoms with Gasteiger partial charge in [0.1, 0.15) is 5.82 Å². The number of ether oxygens (including phenoxy) is 1. The molecule has 1 aromatic rings. The Morgan fingerprint density at radius 3 is 2.35 bits per heavy atom. The van der Waals surface area contributed by atoms with Crippen LogP contribution in [0.5, 0.6) is 0 Å². The predicted molar refractivity (Wildman–Crippen MR) is 77.6 cm³/mol. The van der Waals surface area contributed by atoms with Crippen LogP contribution in [0.1, 0.15) is 33.6 Å². The maximum Gasteiger partial charge on any atom is 0.228 e. The number of carbonyl (C=O) groups excluding carboxylic acids is 1. The first-order valence-corrected chi connectivity index (χ1v) is 6.94. The molecule has 6 nitrogen and oxygen atoms in total. The molecule has 0 atom stereocenters. The number of aromatic nitrogens is 2. The molecule has 0 spiro atoms. The second kappa shape index (κ2) is 6.17. The zero-order valence-corrected chi connectivity index (χ0v) is 12.3. The molecule has 0 aromatic carbocycles. The molecule has 2 heterocycles. The maximum atomic E-state index is 12.0. The molecule has 0 radical (unpaired) electrons. The molecule has 1 amide bonds. The van der Waals surface area contributed by atoms with Crippen molar-refractivity contribution in [1.82, 2.24) is 10.2 Å². The second-order valence-corrected chi connectivity index (χ2v) is 6.05. The average Bonchev–Trinajstić information content (AvgIpc) is 2.40. The molecule has 20 heavy (non-hydrogen) atoms. The zero-order valence-electron chi connectivity index (χ0n) is 12.3. The van der Waals surface area contributed by atoms with Crippen molar-refractivity contribution in [1.29, 1.82) is 0 Å². The van der Waals surface area contributed by atoms with Gasteiger partial charge in [-0.3, -0.25) is 4.79 Å². The highest BCUT2D eigenvalue weighted by atomic mass is 16.5. The van der Waals surface area contributed by atoms with Gasteiger partial charge in [0, 0.05) is 24.7 Å². The largest absolute Gasteiger partial charge is 0.381 e. The molecule has 0 saturated carbocycles. The summed E-state index contributed by atoms with van der Waals surface area (Å²) in [6.07, 6.45) is 1.53. The van der Waals surface area contributed by atoms with E-state index in [1.807, 2.05) is 6.07 Å². The Morgan fingerprint density at radius 2 is 1.80 bits per heavy atom. The van der Waals surface area contributed by atoms with Crippen LogP contribution in [0.15, 0.2) is 12.1 Å². The minimum Gasteiger partial charge on any atom is -0.381 e. The summed E-state index contributed by atoms with van der Waals surface area (Å²) in [7, 11) is 0. The molecule has 6 heteroatoms. The molecule has 1 aliphatic heterocycles. The monoisotopic (exact) mass is 278 g/mol. The highest BCUT2D eigenvalue weighted by Crippen LogP contribution is 2.17. The smallest absolute Gasteiger partial charge is 0.228 e. The highest BCUT2D eigenvalue weighted by Gasteiger charge is 2.22. The van der Waals surface area contributed by atoms with Crippen LogP contribution in [0.2, 0.25) is 0 Å². The minimum atomic E-state index is -0.0679. The lowest BCUT2D eigenvalue weighted by Crippen LogP contribution is -2.29. The van der Waals surface area contributed by atoms with Crippen LogP contribution in [0.3, 0.4) is 0 Å². The van der Waals surface area contributed by atoms with Crippen LogP contribution in [0.4, 0.5) is 11.6 Å². The van der Waals surface area contributed by atoms with E-state index in [0.717, 1.165) is 12.8 Å². The normalized spacial score (nSPS) is 16.8. The number of nitrogens with one attached hydrogen (secondary N) is 2. The Labute approximate surface area is 119 Å². The van der Waals surface area contributed by atoms with Crippen molar-refractivity contribution >= 4 is 17.5 Å². The Bertz CT molecular complexity index is 447. The highest BCUT2D eigenvalue weighted by molar-refractivity contribution is 5.91. The predicted octanol–water partition coefficient (Wildman–Crippen LogP) is 2.05. The van der Waals surface area contributed by atoms with Gasteiger partial charge in [-0.15, -0.1) is 10.2 Å². The summed E-state index contributed by atoms with van der Waals surface area (Å²) in [5.41, 5.74) is -0.0679. The summed E-state index contributed by atoms with van der Waals surface area (Å²) in [6.45, 7) is 7.46. The summed E-state index contributed by atoms with van der Waals surface area (Å²) in [5, 5.41) is 14.1. The molecular weight excluding hydrogens is 256 g/mol. The van der Waals surface area contributed by atoms with Crippen molar-refractivity contribution in [2.45, 2.75) is 39.2 Å². The summed E-state index contributed by atoms with van der Waals surface area (Å²) >= 11 is 0. The Kier molecular flexibility index (Phi) is 4.54. The first kappa shape index (κ1) is 14.7. The Hall–Kier alpha value is -1.69. The molecule has 2 N–H and O–H groups in total. The van der Waals surface area contributed by atoms with Gasteiger partial charge in [0.05, 0.1) is 0 Å². The van der Waals surface area contributed by atoms with E-state index >= 15 is 0 Å². The van der Waals surface area contributed by atoms with Crippen molar-refractivity contribution in [3.05, 3.63) is 12.1 Å². The molecule has 110 valence electrons. The van der Waals surface area contributed by atoms with Gasteiger partial charge in [0.15, 0.2) is 5.82 Å². The van der Waals surface area contributed by atoms with Crippen LogP contribution in [-0.4, -0.2) is 34.9 Å².